The van der Waals surface area contributed by atoms with E-state index in [-0.39, 0.29) is 11.7 Å². The number of fused-ring (bicyclic) bond motifs is 1. The van der Waals surface area contributed by atoms with E-state index in [1.807, 2.05) is 6.07 Å². The standard InChI is InChI=1S/C10H8ClFOS/c1-13-7-5-14-8-3-2-6(4-11)10(12)9(7)8/h2-3,5H,4H2,1H3. The van der Waals surface area contributed by atoms with E-state index in [9.17, 15) is 4.39 Å². The molecule has 0 radical (unpaired) electrons. The van der Waals surface area contributed by atoms with E-state index in [1.54, 1.807) is 11.4 Å². The van der Waals surface area contributed by atoms with Gasteiger partial charge in [0.15, 0.2) is 0 Å². The fraction of sp³-hybridized carbons (Fsp3) is 0.200. The molecule has 0 fully saturated rings. The van der Waals surface area contributed by atoms with Gasteiger partial charge in [-0.25, -0.2) is 4.39 Å². The van der Waals surface area contributed by atoms with Crippen molar-refractivity contribution in [1.29, 1.82) is 0 Å². The number of hydrogen-bond acceptors (Lipinski definition) is 2. The van der Waals surface area contributed by atoms with Crippen LogP contribution in [0.4, 0.5) is 4.39 Å². The first kappa shape index (κ1) is 9.74. The van der Waals surface area contributed by atoms with Crippen LogP contribution in [-0.2, 0) is 5.88 Å². The number of thiophene rings is 1. The molecule has 0 spiro atoms. The second-order valence-electron chi connectivity index (χ2n) is 2.85. The summed E-state index contributed by atoms with van der Waals surface area (Å²) in [5.41, 5.74) is 0.510. The highest BCUT2D eigenvalue weighted by atomic mass is 35.5. The summed E-state index contributed by atoms with van der Waals surface area (Å²) in [6.07, 6.45) is 0. The maximum Gasteiger partial charge on any atom is 0.140 e. The van der Waals surface area contributed by atoms with Gasteiger partial charge >= 0.3 is 0 Å². The van der Waals surface area contributed by atoms with E-state index in [1.165, 1.54) is 18.4 Å². The molecular weight excluding hydrogens is 223 g/mol. The smallest absolute Gasteiger partial charge is 0.140 e. The first-order valence-electron chi connectivity index (χ1n) is 4.06. The summed E-state index contributed by atoms with van der Waals surface area (Å²) < 4.78 is 19.8. The Morgan fingerprint density at radius 3 is 2.93 bits per heavy atom. The maximum atomic E-state index is 13.8. The third-order valence-electron chi connectivity index (χ3n) is 2.09. The lowest BCUT2D eigenvalue weighted by Crippen LogP contribution is -1.88. The second-order valence-corrected chi connectivity index (χ2v) is 4.03. The van der Waals surface area contributed by atoms with Crippen LogP contribution >= 0.6 is 22.9 Å². The molecule has 1 nitrogen and oxygen atoms in total. The fourth-order valence-electron chi connectivity index (χ4n) is 1.36. The van der Waals surface area contributed by atoms with Gasteiger partial charge in [-0.3, -0.25) is 0 Å². The van der Waals surface area contributed by atoms with Gasteiger partial charge in [0.05, 0.1) is 18.4 Å². The molecule has 0 aliphatic rings. The molecule has 0 saturated heterocycles. The zero-order valence-electron chi connectivity index (χ0n) is 7.51. The quantitative estimate of drug-likeness (QED) is 0.714. The van der Waals surface area contributed by atoms with Gasteiger partial charge in [0, 0.05) is 15.6 Å². The van der Waals surface area contributed by atoms with Crippen LogP contribution in [0.15, 0.2) is 17.5 Å². The molecule has 2 rings (SSSR count). The van der Waals surface area contributed by atoms with Crippen LogP contribution in [0, 0.1) is 5.82 Å². The Morgan fingerprint density at radius 2 is 2.29 bits per heavy atom. The van der Waals surface area contributed by atoms with E-state index in [0.29, 0.717) is 16.7 Å². The van der Waals surface area contributed by atoms with Gasteiger partial charge in [0.25, 0.3) is 0 Å². The molecule has 0 N–H and O–H groups in total. The third kappa shape index (κ3) is 1.37. The molecule has 0 saturated carbocycles. The largest absolute Gasteiger partial charge is 0.495 e. The summed E-state index contributed by atoms with van der Waals surface area (Å²) >= 11 is 7.08. The Labute approximate surface area is 90.1 Å². The van der Waals surface area contributed by atoms with Gasteiger partial charge in [-0.1, -0.05) is 6.07 Å². The number of rotatable bonds is 2. The Balaban J connectivity index is 2.77. The maximum absolute atomic E-state index is 13.8. The predicted molar refractivity (Wildman–Crippen MR) is 57.9 cm³/mol. The van der Waals surface area contributed by atoms with E-state index < -0.39 is 0 Å². The topological polar surface area (TPSA) is 9.23 Å². The minimum atomic E-state index is -0.268. The van der Waals surface area contributed by atoms with Crippen molar-refractivity contribution in [3.8, 4) is 5.75 Å². The molecule has 1 aromatic heterocycles. The molecule has 0 amide bonds. The van der Waals surface area contributed by atoms with Crippen molar-refractivity contribution in [2.24, 2.45) is 0 Å². The highest BCUT2D eigenvalue weighted by Crippen LogP contribution is 2.35. The lowest BCUT2D eigenvalue weighted by molar-refractivity contribution is 0.419. The normalized spacial score (nSPS) is 10.8. The molecule has 0 bridgehead atoms. The number of hydrogen-bond donors (Lipinski definition) is 0. The van der Waals surface area contributed by atoms with Crippen molar-refractivity contribution in [2.45, 2.75) is 5.88 Å². The number of benzene rings is 1. The fourth-order valence-corrected chi connectivity index (χ4v) is 2.47. The number of halogens is 2. The predicted octanol–water partition coefficient (Wildman–Crippen LogP) is 3.79. The Hall–Kier alpha value is -0.800. The SMILES string of the molecule is COc1csc2ccc(CCl)c(F)c12. The molecule has 0 unspecified atom stereocenters. The molecule has 2 aromatic rings. The zero-order valence-corrected chi connectivity index (χ0v) is 9.08. The van der Waals surface area contributed by atoms with E-state index in [0.717, 1.165) is 4.70 Å². The van der Waals surface area contributed by atoms with Gasteiger partial charge in [0.1, 0.15) is 11.6 Å². The molecular formula is C10H8ClFOS. The molecule has 14 heavy (non-hydrogen) atoms. The van der Waals surface area contributed by atoms with Crippen LogP contribution < -0.4 is 4.74 Å². The monoisotopic (exact) mass is 230 g/mol. The van der Waals surface area contributed by atoms with Crippen molar-refractivity contribution in [2.75, 3.05) is 7.11 Å². The van der Waals surface area contributed by atoms with Crippen molar-refractivity contribution >= 4 is 33.0 Å². The Kier molecular flexibility index (Phi) is 2.61. The summed E-state index contributed by atoms with van der Waals surface area (Å²) in [4.78, 5) is 0. The molecule has 0 aliphatic carbocycles. The number of methoxy groups -OCH3 is 1. The first-order chi connectivity index (χ1) is 6.77. The summed E-state index contributed by atoms with van der Waals surface area (Å²) in [5.74, 6) is 0.492. The Morgan fingerprint density at radius 1 is 1.50 bits per heavy atom. The van der Waals surface area contributed by atoms with Crippen LogP contribution in [0.1, 0.15) is 5.56 Å². The van der Waals surface area contributed by atoms with Gasteiger partial charge in [-0.05, 0) is 6.07 Å². The molecule has 0 aliphatic heterocycles. The Bertz CT molecular complexity index is 466. The summed E-state index contributed by atoms with van der Waals surface area (Å²) in [7, 11) is 1.54. The van der Waals surface area contributed by atoms with Crippen LogP contribution in [-0.4, -0.2) is 7.11 Å². The third-order valence-corrected chi connectivity index (χ3v) is 3.30. The van der Waals surface area contributed by atoms with Crippen molar-refractivity contribution in [3.63, 3.8) is 0 Å². The van der Waals surface area contributed by atoms with Crippen LogP contribution in [0.25, 0.3) is 10.1 Å². The average Bonchev–Trinajstić information content (AvgIpc) is 2.62. The first-order valence-corrected chi connectivity index (χ1v) is 5.48. The molecule has 74 valence electrons. The van der Waals surface area contributed by atoms with Gasteiger partial charge in [-0.15, -0.1) is 22.9 Å². The van der Waals surface area contributed by atoms with Crippen LogP contribution in [0.2, 0.25) is 0 Å². The second kappa shape index (κ2) is 3.75. The van der Waals surface area contributed by atoms with Crippen molar-refractivity contribution < 1.29 is 9.13 Å². The van der Waals surface area contributed by atoms with E-state index in [4.69, 9.17) is 16.3 Å². The highest BCUT2D eigenvalue weighted by molar-refractivity contribution is 7.17. The lowest BCUT2D eigenvalue weighted by Gasteiger charge is -2.02. The summed E-state index contributed by atoms with van der Waals surface area (Å²) in [6, 6.07) is 3.57. The lowest BCUT2D eigenvalue weighted by atomic mass is 10.1. The van der Waals surface area contributed by atoms with Gasteiger partial charge in [-0.2, -0.15) is 0 Å². The minimum Gasteiger partial charge on any atom is -0.495 e. The summed E-state index contributed by atoms with van der Waals surface area (Å²) in [6.45, 7) is 0. The van der Waals surface area contributed by atoms with Crippen LogP contribution in [0.3, 0.4) is 0 Å². The van der Waals surface area contributed by atoms with Gasteiger partial charge < -0.3 is 4.74 Å². The molecule has 0 atom stereocenters. The molecule has 1 aromatic carbocycles. The van der Waals surface area contributed by atoms with Gasteiger partial charge in [0.2, 0.25) is 0 Å². The van der Waals surface area contributed by atoms with E-state index >= 15 is 0 Å². The van der Waals surface area contributed by atoms with E-state index in [2.05, 4.69) is 0 Å². The van der Waals surface area contributed by atoms with Crippen LogP contribution in [0.5, 0.6) is 5.75 Å². The zero-order chi connectivity index (χ0) is 10.1. The minimum absolute atomic E-state index is 0.181. The molecule has 1 heterocycles. The summed E-state index contributed by atoms with van der Waals surface area (Å²) in [5, 5.41) is 2.34. The number of ether oxygens (including phenoxy) is 1. The van der Waals surface area contributed by atoms with Crippen molar-refractivity contribution in [1.82, 2.24) is 0 Å². The highest BCUT2D eigenvalue weighted by Gasteiger charge is 2.12. The average molecular weight is 231 g/mol. The number of alkyl halides is 1. The molecule has 4 heteroatoms. The van der Waals surface area contributed by atoms with Crippen molar-refractivity contribution in [3.05, 3.63) is 28.9 Å².